The van der Waals surface area contributed by atoms with Crippen LogP contribution in [0.4, 0.5) is 0 Å². The SMILES string of the molecule is CCNC(C)(CCCCOC(C)C(C)C)C(=O)OC. The van der Waals surface area contributed by atoms with Crippen molar-refractivity contribution in [3.05, 3.63) is 0 Å². The van der Waals surface area contributed by atoms with Gasteiger partial charge in [-0.2, -0.15) is 0 Å². The number of esters is 1. The van der Waals surface area contributed by atoms with Crippen molar-refractivity contribution in [2.45, 2.75) is 65.5 Å². The maximum Gasteiger partial charge on any atom is 0.325 e. The maximum atomic E-state index is 11.8. The van der Waals surface area contributed by atoms with Crippen LogP contribution in [-0.4, -0.2) is 37.9 Å². The van der Waals surface area contributed by atoms with Crippen LogP contribution >= 0.6 is 0 Å². The summed E-state index contributed by atoms with van der Waals surface area (Å²) in [6.45, 7) is 11.8. The van der Waals surface area contributed by atoms with E-state index < -0.39 is 5.54 Å². The molecule has 0 saturated carbocycles. The Morgan fingerprint density at radius 1 is 1.26 bits per heavy atom. The molecule has 0 fully saturated rings. The Bertz CT molecular complexity index is 256. The lowest BCUT2D eigenvalue weighted by Gasteiger charge is -2.27. The molecule has 0 saturated heterocycles. The van der Waals surface area contributed by atoms with Crippen LogP contribution in [0.3, 0.4) is 0 Å². The van der Waals surface area contributed by atoms with Crippen molar-refractivity contribution in [3.63, 3.8) is 0 Å². The standard InChI is InChI=1S/C15H31NO3/c1-7-16-15(5,14(17)18-6)10-8-9-11-19-13(4)12(2)3/h12-13,16H,7-11H2,1-6H3. The first-order valence-corrected chi connectivity index (χ1v) is 7.32. The Morgan fingerprint density at radius 2 is 1.89 bits per heavy atom. The van der Waals surface area contributed by atoms with Crippen LogP contribution in [0.2, 0.25) is 0 Å². The highest BCUT2D eigenvalue weighted by Crippen LogP contribution is 2.16. The van der Waals surface area contributed by atoms with E-state index >= 15 is 0 Å². The number of carbonyl (C=O) groups excluding carboxylic acids is 1. The molecule has 0 radical (unpaired) electrons. The minimum Gasteiger partial charge on any atom is -0.468 e. The smallest absolute Gasteiger partial charge is 0.325 e. The van der Waals surface area contributed by atoms with Gasteiger partial charge >= 0.3 is 5.97 Å². The van der Waals surface area contributed by atoms with Crippen molar-refractivity contribution in [2.24, 2.45) is 5.92 Å². The molecular formula is C15H31NO3. The van der Waals surface area contributed by atoms with Gasteiger partial charge < -0.3 is 14.8 Å². The van der Waals surface area contributed by atoms with E-state index in [1.807, 2.05) is 13.8 Å². The van der Waals surface area contributed by atoms with Gasteiger partial charge in [-0.1, -0.05) is 20.8 Å². The molecule has 2 atom stereocenters. The number of likely N-dealkylation sites (N-methyl/N-ethyl adjacent to an activating group) is 1. The number of ether oxygens (including phenoxy) is 2. The summed E-state index contributed by atoms with van der Waals surface area (Å²) in [7, 11) is 1.44. The monoisotopic (exact) mass is 273 g/mol. The first kappa shape index (κ1) is 18.4. The van der Waals surface area contributed by atoms with Gasteiger partial charge in [0.2, 0.25) is 0 Å². The van der Waals surface area contributed by atoms with E-state index in [1.54, 1.807) is 0 Å². The highest BCUT2D eigenvalue weighted by atomic mass is 16.5. The third-order valence-electron chi connectivity index (χ3n) is 3.59. The fourth-order valence-electron chi connectivity index (χ4n) is 1.92. The molecule has 0 spiro atoms. The van der Waals surface area contributed by atoms with Crippen LogP contribution in [0.5, 0.6) is 0 Å². The topological polar surface area (TPSA) is 47.6 Å². The van der Waals surface area contributed by atoms with E-state index in [2.05, 4.69) is 26.1 Å². The predicted molar refractivity (Wildman–Crippen MR) is 78.2 cm³/mol. The third-order valence-corrected chi connectivity index (χ3v) is 3.59. The van der Waals surface area contributed by atoms with E-state index in [0.717, 1.165) is 32.4 Å². The van der Waals surface area contributed by atoms with Gasteiger partial charge in [-0.05, 0) is 45.6 Å². The molecule has 2 unspecified atom stereocenters. The third kappa shape index (κ3) is 6.92. The molecule has 114 valence electrons. The summed E-state index contributed by atoms with van der Waals surface area (Å²) in [6.07, 6.45) is 2.98. The number of nitrogens with one attached hydrogen (secondary N) is 1. The van der Waals surface area contributed by atoms with E-state index in [-0.39, 0.29) is 5.97 Å². The van der Waals surface area contributed by atoms with Gasteiger partial charge in [0.1, 0.15) is 5.54 Å². The highest BCUT2D eigenvalue weighted by Gasteiger charge is 2.32. The van der Waals surface area contributed by atoms with Gasteiger partial charge in [0, 0.05) is 6.61 Å². The zero-order valence-electron chi connectivity index (χ0n) is 13.4. The Hall–Kier alpha value is -0.610. The second kappa shape index (κ2) is 9.32. The Morgan fingerprint density at radius 3 is 2.37 bits per heavy atom. The molecule has 0 aliphatic heterocycles. The lowest BCUT2D eigenvalue weighted by atomic mass is 9.95. The van der Waals surface area contributed by atoms with Crippen LogP contribution in [0.25, 0.3) is 0 Å². The van der Waals surface area contributed by atoms with Crippen molar-refractivity contribution >= 4 is 5.97 Å². The van der Waals surface area contributed by atoms with Crippen LogP contribution in [0.15, 0.2) is 0 Å². The van der Waals surface area contributed by atoms with Crippen molar-refractivity contribution in [1.82, 2.24) is 5.32 Å². The normalized spacial score (nSPS) is 16.2. The van der Waals surface area contributed by atoms with E-state index in [4.69, 9.17) is 9.47 Å². The number of carbonyl (C=O) groups is 1. The molecule has 4 heteroatoms. The largest absolute Gasteiger partial charge is 0.468 e. The van der Waals surface area contributed by atoms with Gasteiger partial charge in [0.25, 0.3) is 0 Å². The van der Waals surface area contributed by atoms with E-state index in [1.165, 1.54) is 7.11 Å². The maximum absolute atomic E-state index is 11.8. The second-order valence-electron chi connectivity index (χ2n) is 5.63. The molecule has 0 bridgehead atoms. The molecule has 1 N–H and O–H groups in total. The van der Waals surface area contributed by atoms with E-state index in [0.29, 0.717) is 12.0 Å². The molecule has 0 heterocycles. The summed E-state index contributed by atoms with van der Waals surface area (Å²) >= 11 is 0. The van der Waals surface area contributed by atoms with Crippen LogP contribution in [0.1, 0.15) is 53.9 Å². The number of hydrogen-bond donors (Lipinski definition) is 1. The Labute approximate surface area is 118 Å². The van der Waals surface area contributed by atoms with Gasteiger partial charge in [-0.25, -0.2) is 0 Å². The summed E-state index contributed by atoms with van der Waals surface area (Å²) in [4.78, 5) is 11.8. The highest BCUT2D eigenvalue weighted by molar-refractivity contribution is 5.80. The molecule has 0 aromatic carbocycles. The van der Waals surface area contributed by atoms with Crippen molar-refractivity contribution < 1.29 is 14.3 Å². The zero-order chi connectivity index (χ0) is 14.9. The van der Waals surface area contributed by atoms with Crippen molar-refractivity contribution in [1.29, 1.82) is 0 Å². The van der Waals surface area contributed by atoms with Gasteiger partial charge in [0.15, 0.2) is 0 Å². The summed E-state index contributed by atoms with van der Waals surface area (Å²) in [5.41, 5.74) is -0.576. The minimum absolute atomic E-state index is 0.189. The van der Waals surface area contributed by atoms with Crippen LogP contribution in [-0.2, 0) is 14.3 Å². The zero-order valence-corrected chi connectivity index (χ0v) is 13.4. The molecule has 19 heavy (non-hydrogen) atoms. The van der Waals surface area contributed by atoms with Gasteiger partial charge in [0.05, 0.1) is 13.2 Å². The van der Waals surface area contributed by atoms with E-state index in [9.17, 15) is 4.79 Å². The average molecular weight is 273 g/mol. The number of hydrogen-bond acceptors (Lipinski definition) is 4. The van der Waals surface area contributed by atoms with Crippen molar-refractivity contribution in [3.8, 4) is 0 Å². The van der Waals surface area contributed by atoms with Crippen LogP contribution in [0, 0.1) is 5.92 Å². The second-order valence-corrected chi connectivity index (χ2v) is 5.63. The molecule has 0 rings (SSSR count). The van der Waals surface area contributed by atoms with Gasteiger partial charge in [-0.3, -0.25) is 4.79 Å². The Balaban J connectivity index is 3.98. The quantitative estimate of drug-likeness (QED) is 0.491. The Kier molecular flexibility index (Phi) is 9.02. The predicted octanol–water partition coefficient (Wildman–Crippen LogP) is 2.76. The number of unbranched alkanes of at least 4 members (excludes halogenated alkanes) is 1. The fraction of sp³-hybridized carbons (Fsp3) is 0.933. The fourth-order valence-corrected chi connectivity index (χ4v) is 1.92. The summed E-state index contributed by atoms with van der Waals surface area (Å²) in [5.74, 6) is 0.355. The van der Waals surface area contributed by atoms with Crippen LogP contribution < -0.4 is 5.32 Å². The number of rotatable bonds is 10. The first-order chi connectivity index (χ1) is 8.87. The lowest BCUT2D eigenvalue weighted by Crippen LogP contribution is -2.50. The summed E-state index contributed by atoms with van der Waals surface area (Å²) in [5, 5.41) is 3.21. The summed E-state index contributed by atoms with van der Waals surface area (Å²) in [6, 6.07) is 0. The van der Waals surface area contributed by atoms with Gasteiger partial charge in [-0.15, -0.1) is 0 Å². The first-order valence-electron chi connectivity index (χ1n) is 7.32. The minimum atomic E-state index is -0.576. The molecular weight excluding hydrogens is 242 g/mol. The molecule has 0 aliphatic carbocycles. The summed E-state index contributed by atoms with van der Waals surface area (Å²) < 4.78 is 10.6. The van der Waals surface area contributed by atoms with Crippen molar-refractivity contribution in [2.75, 3.05) is 20.3 Å². The molecule has 0 aliphatic rings. The lowest BCUT2D eigenvalue weighted by molar-refractivity contribution is -0.148. The molecule has 0 aromatic heterocycles. The molecule has 4 nitrogen and oxygen atoms in total. The molecule has 0 amide bonds. The molecule has 0 aromatic rings. The number of methoxy groups -OCH3 is 1. The average Bonchev–Trinajstić information content (AvgIpc) is 2.37.